The molecule has 1 aromatic rings. The van der Waals surface area contributed by atoms with Crippen LogP contribution in [0.3, 0.4) is 0 Å². The summed E-state index contributed by atoms with van der Waals surface area (Å²) in [5.74, 6) is 0. The molecule has 1 aliphatic rings. The maximum Gasteiger partial charge on any atom is 0.0409 e. The van der Waals surface area contributed by atoms with E-state index in [4.69, 9.17) is 17.3 Å². The fourth-order valence-electron chi connectivity index (χ4n) is 2.29. The molecule has 0 radical (unpaired) electrons. The number of rotatable bonds is 2. The Hall–Kier alpha value is -0.570. The topological polar surface area (TPSA) is 29.3 Å². The lowest BCUT2D eigenvalue weighted by atomic mass is 9.78. The van der Waals surface area contributed by atoms with Gasteiger partial charge in [-0.15, -0.1) is 0 Å². The van der Waals surface area contributed by atoms with Gasteiger partial charge >= 0.3 is 0 Å². The maximum atomic E-state index is 6.22. The van der Waals surface area contributed by atoms with E-state index < -0.39 is 0 Å². The van der Waals surface area contributed by atoms with Crippen molar-refractivity contribution in [2.45, 2.75) is 32.9 Å². The zero-order valence-corrected chi connectivity index (χ0v) is 11.4. The molecular weight excluding hydrogens is 232 g/mol. The van der Waals surface area contributed by atoms with E-state index >= 15 is 0 Å². The van der Waals surface area contributed by atoms with E-state index in [0.29, 0.717) is 0 Å². The number of benzene rings is 1. The third kappa shape index (κ3) is 3.21. The second-order valence-corrected chi connectivity index (χ2v) is 6.15. The second-order valence-electron chi connectivity index (χ2n) is 5.71. The first-order valence-corrected chi connectivity index (χ1v) is 6.57. The van der Waals surface area contributed by atoms with Crippen molar-refractivity contribution in [1.82, 2.24) is 4.90 Å². The van der Waals surface area contributed by atoms with Gasteiger partial charge in [-0.3, -0.25) is 4.90 Å². The Morgan fingerprint density at radius 2 is 2.24 bits per heavy atom. The van der Waals surface area contributed by atoms with Crippen LogP contribution >= 0.6 is 11.6 Å². The number of piperidine rings is 1. The fourth-order valence-corrected chi connectivity index (χ4v) is 2.50. The number of likely N-dealkylation sites (tertiary alicyclic amines) is 1. The summed E-state index contributed by atoms with van der Waals surface area (Å²) in [6.45, 7) is 7.56. The van der Waals surface area contributed by atoms with Gasteiger partial charge in [-0.05, 0) is 36.1 Å². The van der Waals surface area contributed by atoms with Crippen molar-refractivity contribution < 1.29 is 0 Å². The predicted octanol–water partition coefficient (Wildman–Crippen LogP) is 2.90. The lowest BCUT2D eigenvalue weighted by molar-refractivity contribution is 0.101. The Labute approximate surface area is 109 Å². The molecule has 94 valence electrons. The normalized spacial score (nSPS) is 24.8. The van der Waals surface area contributed by atoms with Gasteiger partial charge in [0.1, 0.15) is 0 Å². The van der Waals surface area contributed by atoms with Crippen molar-refractivity contribution in [3.05, 3.63) is 34.9 Å². The van der Waals surface area contributed by atoms with Gasteiger partial charge in [-0.2, -0.15) is 0 Å². The molecular formula is C14H21ClN2. The van der Waals surface area contributed by atoms with Gasteiger partial charge in [0.2, 0.25) is 0 Å². The summed E-state index contributed by atoms with van der Waals surface area (Å²) < 4.78 is 0. The van der Waals surface area contributed by atoms with Crippen molar-refractivity contribution >= 4 is 11.6 Å². The zero-order chi connectivity index (χ0) is 12.5. The van der Waals surface area contributed by atoms with E-state index in [1.807, 2.05) is 18.2 Å². The molecule has 1 atom stereocenters. The number of hydrogen-bond donors (Lipinski definition) is 1. The van der Waals surface area contributed by atoms with E-state index in [9.17, 15) is 0 Å². The van der Waals surface area contributed by atoms with Gasteiger partial charge in [0.25, 0.3) is 0 Å². The van der Waals surface area contributed by atoms with E-state index in [2.05, 4.69) is 24.8 Å². The molecule has 2 rings (SSSR count). The molecule has 2 N–H and O–H groups in total. The Balaban J connectivity index is 1.97. The van der Waals surface area contributed by atoms with E-state index in [1.54, 1.807) is 0 Å². The Bertz CT molecular complexity index is 390. The molecule has 0 bridgehead atoms. The van der Waals surface area contributed by atoms with Gasteiger partial charge in [-0.1, -0.05) is 37.6 Å². The summed E-state index contributed by atoms with van der Waals surface area (Å²) in [5.41, 5.74) is 7.76. The Morgan fingerprint density at radius 1 is 1.47 bits per heavy atom. The van der Waals surface area contributed by atoms with Crippen molar-refractivity contribution in [1.29, 1.82) is 0 Å². The van der Waals surface area contributed by atoms with E-state index in [1.165, 1.54) is 5.56 Å². The largest absolute Gasteiger partial charge is 0.326 e. The van der Waals surface area contributed by atoms with Crippen LogP contribution in [0.25, 0.3) is 0 Å². The minimum absolute atomic E-state index is 0.260. The second kappa shape index (κ2) is 4.97. The molecule has 0 spiro atoms. The maximum absolute atomic E-state index is 6.22. The SMILES string of the molecule is CC1(C)CCN(Cc2cccc(Cl)c2)CC1N. The molecule has 1 heterocycles. The van der Waals surface area contributed by atoms with Crippen LogP contribution in [0, 0.1) is 5.41 Å². The van der Waals surface area contributed by atoms with Crippen LogP contribution in [0.15, 0.2) is 24.3 Å². The molecule has 0 amide bonds. The van der Waals surface area contributed by atoms with Crippen molar-refractivity contribution in [3.63, 3.8) is 0 Å². The number of halogens is 1. The highest BCUT2D eigenvalue weighted by molar-refractivity contribution is 6.30. The predicted molar refractivity (Wildman–Crippen MR) is 73.1 cm³/mol. The molecule has 17 heavy (non-hydrogen) atoms. The van der Waals surface area contributed by atoms with Crippen LogP contribution in [-0.2, 0) is 6.54 Å². The van der Waals surface area contributed by atoms with Crippen molar-refractivity contribution in [2.75, 3.05) is 13.1 Å². The zero-order valence-electron chi connectivity index (χ0n) is 10.6. The first-order chi connectivity index (χ1) is 7.97. The van der Waals surface area contributed by atoms with Gasteiger partial charge in [-0.25, -0.2) is 0 Å². The highest BCUT2D eigenvalue weighted by Gasteiger charge is 2.32. The highest BCUT2D eigenvalue weighted by Crippen LogP contribution is 2.29. The molecule has 2 nitrogen and oxygen atoms in total. The summed E-state index contributed by atoms with van der Waals surface area (Å²) >= 11 is 5.99. The molecule has 1 unspecified atom stereocenters. The van der Waals surface area contributed by atoms with Crippen LogP contribution in [0.4, 0.5) is 0 Å². The smallest absolute Gasteiger partial charge is 0.0409 e. The first-order valence-electron chi connectivity index (χ1n) is 6.20. The van der Waals surface area contributed by atoms with Crippen LogP contribution < -0.4 is 5.73 Å². The quantitative estimate of drug-likeness (QED) is 0.877. The average Bonchev–Trinajstić information content (AvgIpc) is 2.24. The molecule has 0 aromatic heterocycles. The molecule has 0 saturated carbocycles. The highest BCUT2D eigenvalue weighted by atomic mass is 35.5. The van der Waals surface area contributed by atoms with Crippen LogP contribution in [0.5, 0.6) is 0 Å². The third-order valence-corrected chi connectivity index (χ3v) is 4.06. The van der Waals surface area contributed by atoms with Gasteiger partial charge in [0.05, 0.1) is 0 Å². The van der Waals surface area contributed by atoms with E-state index in [-0.39, 0.29) is 11.5 Å². The van der Waals surface area contributed by atoms with Gasteiger partial charge in [0.15, 0.2) is 0 Å². The number of nitrogens with two attached hydrogens (primary N) is 1. The Kier molecular flexibility index (Phi) is 3.76. The van der Waals surface area contributed by atoms with Crippen LogP contribution in [0.1, 0.15) is 25.8 Å². The molecule has 3 heteroatoms. The summed E-state index contributed by atoms with van der Waals surface area (Å²) in [4.78, 5) is 2.42. The van der Waals surface area contributed by atoms with E-state index in [0.717, 1.165) is 31.1 Å². The lowest BCUT2D eigenvalue weighted by Gasteiger charge is -2.42. The van der Waals surface area contributed by atoms with Gasteiger partial charge in [0, 0.05) is 24.2 Å². The Morgan fingerprint density at radius 3 is 2.88 bits per heavy atom. The van der Waals surface area contributed by atoms with Crippen LogP contribution in [-0.4, -0.2) is 24.0 Å². The minimum atomic E-state index is 0.260. The summed E-state index contributed by atoms with van der Waals surface area (Å²) in [7, 11) is 0. The molecule has 1 aliphatic heterocycles. The third-order valence-electron chi connectivity index (χ3n) is 3.83. The summed E-state index contributed by atoms with van der Waals surface area (Å²) in [5, 5.41) is 0.809. The average molecular weight is 253 g/mol. The van der Waals surface area contributed by atoms with Gasteiger partial charge < -0.3 is 5.73 Å². The van der Waals surface area contributed by atoms with Crippen molar-refractivity contribution in [3.8, 4) is 0 Å². The minimum Gasteiger partial charge on any atom is -0.326 e. The first kappa shape index (κ1) is 12.9. The van der Waals surface area contributed by atoms with Crippen molar-refractivity contribution in [2.24, 2.45) is 11.1 Å². The molecule has 0 aliphatic carbocycles. The summed E-state index contributed by atoms with van der Waals surface area (Å²) in [6, 6.07) is 8.33. The number of hydrogen-bond acceptors (Lipinski definition) is 2. The fraction of sp³-hybridized carbons (Fsp3) is 0.571. The molecule has 1 saturated heterocycles. The number of nitrogens with zero attached hydrogens (tertiary/aromatic N) is 1. The standard InChI is InChI=1S/C14H21ClN2/c1-14(2)6-7-17(10-13(14)16)9-11-4-3-5-12(15)8-11/h3-5,8,13H,6-7,9-10,16H2,1-2H3. The lowest BCUT2D eigenvalue weighted by Crippen LogP contribution is -2.52. The molecule has 1 fully saturated rings. The van der Waals surface area contributed by atoms with Crippen LogP contribution in [0.2, 0.25) is 5.02 Å². The molecule has 1 aromatic carbocycles. The summed E-state index contributed by atoms with van der Waals surface area (Å²) in [6.07, 6.45) is 1.16. The monoisotopic (exact) mass is 252 g/mol.